The fraction of sp³-hybridized carbons (Fsp3) is 0.900. The van der Waals surface area contributed by atoms with Crippen LogP contribution in [-0.2, 0) is 4.79 Å². The van der Waals surface area contributed by atoms with Crippen molar-refractivity contribution in [2.75, 3.05) is 6.54 Å². The normalized spacial score (nSPS) is 9.38. The number of carbonyl (C=O) groups excluding carboxylic acids is 1. The van der Waals surface area contributed by atoms with Crippen LogP contribution in [0.1, 0.15) is 46.5 Å². The van der Waals surface area contributed by atoms with E-state index in [0.717, 1.165) is 0 Å². The van der Waals surface area contributed by atoms with Crippen LogP contribution in [0.25, 0.3) is 0 Å². The van der Waals surface area contributed by atoms with Gasteiger partial charge in [-0.25, -0.2) is 0 Å². The number of hydrogen-bond donors (Lipinski definition) is 2. The average molecular weight is 188 g/mol. The van der Waals surface area contributed by atoms with Crippen LogP contribution in [0.15, 0.2) is 0 Å². The number of rotatable bonds is 5. The Balaban J connectivity index is 0. The molecule has 0 rings (SSSR count). The lowest BCUT2D eigenvalue weighted by atomic mass is 10.1. The summed E-state index contributed by atoms with van der Waals surface area (Å²) in [6.07, 6.45) is 4.82. The highest BCUT2D eigenvalue weighted by molar-refractivity contribution is 5.77. The van der Waals surface area contributed by atoms with Gasteiger partial charge in [-0.2, -0.15) is 0 Å². The van der Waals surface area contributed by atoms with Crippen LogP contribution in [0.5, 0.6) is 0 Å². The summed E-state index contributed by atoms with van der Waals surface area (Å²) in [6.45, 7) is 5.98. The molecule has 4 N–H and O–H groups in total. The Hall–Kier alpha value is -0.410. The van der Waals surface area contributed by atoms with Crippen molar-refractivity contribution in [2.24, 2.45) is 11.5 Å². The summed E-state index contributed by atoms with van der Waals surface area (Å²) in [5.41, 5.74) is 10.5. The quantitative estimate of drug-likeness (QED) is 0.686. The second-order valence-electron chi connectivity index (χ2n) is 3.24. The first-order valence-electron chi connectivity index (χ1n) is 5.03. The maximum absolute atomic E-state index is 9.69. The number of hydrogen-bond acceptors (Lipinski definition) is 3. The van der Waals surface area contributed by atoms with Gasteiger partial charge < -0.3 is 11.5 Å². The summed E-state index contributed by atoms with van der Waals surface area (Å²) in [6, 6.07) is 0.463. The first-order chi connectivity index (χ1) is 6.08. The Kier molecular flexibility index (Phi) is 13.4. The minimum atomic E-state index is 0.0324. The van der Waals surface area contributed by atoms with E-state index in [2.05, 4.69) is 13.8 Å². The second-order valence-corrected chi connectivity index (χ2v) is 3.24. The van der Waals surface area contributed by atoms with Crippen LogP contribution in [0.4, 0.5) is 0 Å². The van der Waals surface area contributed by atoms with E-state index >= 15 is 0 Å². The molecular weight excluding hydrogens is 164 g/mol. The van der Waals surface area contributed by atoms with E-state index in [1.807, 2.05) is 0 Å². The molecule has 0 saturated carbocycles. The van der Waals surface area contributed by atoms with E-state index in [4.69, 9.17) is 11.5 Å². The summed E-state index contributed by atoms with van der Waals surface area (Å²) < 4.78 is 0. The molecule has 0 bridgehead atoms. The molecule has 0 aromatic carbocycles. The van der Waals surface area contributed by atoms with E-state index in [0.29, 0.717) is 6.04 Å². The van der Waals surface area contributed by atoms with Crippen molar-refractivity contribution in [3.63, 3.8) is 0 Å². The molecule has 0 aliphatic rings. The van der Waals surface area contributed by atoms with Crippen molar-refractivity contribution in [2.45, 2.75) is 52.5 Å². The highest BCUT2D eigenvalue weighted by atomic mass is 16.1. The van der Waals surface area contributed by atoms with E-state index in [1.165, 1.54) is 32.6 Å². The highest BCUT2D eigenvalue weighted by Crippen LogP contribution is 1.99. The largest absolute Gasteiger partial charge is 0.328 e. The molecular formula is C10H24N2O. The molecule has 0 radical (unpaired) electrons. The summed E-state index contributed by atoms with van der Waals surface area (Å²) in [7, 11) is 0. The number of ketones is 1. The molecule has 0 aliphatic carbocycles. The molecule has 0 aromatic heterocycles. The summed E-state index contributed by atoms with van der Waals surface area (Å²) in [5, 5.41) is 0. The Labute approximate surface area is 81.9 Å². The number of Topliss-reactive ketones (excluding diaryl/α,β-unsaturated/α-hetero) is 1. The summed E-state index contributed by atoms with van der Waals surface area (Å²) >= 11 is 0. The predicted molar refractivity (Wildman–Crippen MR) is 57.5 cm³/mol. The Bertz CT molecular complexity index is 109. The van der Waals surface area contributed by atoms with Gasteiger partial charge in [-0.3, -0.25) is 4.79 Å². The first kappa shape index (κ1) is 15.1. The van der Waals surface area contributed by atoms with Gasteiger partial charge in [-0.1, -0.05) is 26.7 Å². The van der Waals surface area contributed by atoms with Crippen molar-refractivity contribution in [1.82, 2.24) is 0 Å². The highest BCUT2D eigenvalue weighted by Gasteiger charge is 1.95. The zero-order valence-electron chi connectivity index (χ0n) is 9.18. The monoisotopic (exact) mass is 188 g/mol. The van der Waals surface area contributed by atoms with Crippen molar-refractivity contribution in [3.8, 4) is 0 Å². The standard InChI is InChI=1S/C7H17N.C3H7NO/c1-3-5-7(8)6-4-2;1-3(5)2-4/h7H,3-6,8H2,1-2H3;2,4H2,1H3. The smallest absolute Gasteiger partial charge is 0.143 e. The second kappa shape index (κ2) is 11.6. The molecule has 0 heterocycles. The molecule has 0 aliphatic heterocycles. The third-order valence-corrected chi connectivity index (χ3v) is 1.61. The molecule has 0 atom stereocenters. The van der Waals surface area contributed by atoms with Gasteiger partial charge in [0.2, 0.25) is 0 Å². The fourth-order valence-corrected chi connectivity index (χ4v) is 0.886. The molecule has 0 aromatic rings. The van der Waals surface area contributed by atoms with Crippen LogP contribution < -0.4 is 11.5 Å². The average Bonchev–Trinajstić information content (AvgIpc) is 2.06. The molecule has 3 nitrogen and oxygen atoms in total. The van der Waals surface area contributed by atoms with E-state index < -0.39 is 0 Å². The molecule has 0 spiro atoms. The molecule has 13 heavy (non-hydrogen) atoms. The minimum Gasteiger partial charge on any atom is -0.328 e. The van der Waals surface area contributed by atoms with Gasteiger partial charge in [-0.15, -0.1) is 0 Å². The number of carbonyl (C=O) groups is 1. The topological polar surface area (TPSA) is 69.1 Å². The molecule has 3 heteroatoms. The fourth-order valence-electron chi connectivity index (χ4n) is 0.886. The van der Waals surface area contributed by atoms with Crippen molar-refractivity contribution < 1.29 is 4.79 Å². The van der Waals surface area contributed by atoms with Crippen molar-refractivity contribution in [3.05, 3.63) is 0 Å². The maximum Gasteiger partial charge on any atom is 0.143 e. The number of nitrogens with two attached hydrogens (primary N) is 2. The SMILES string of the molecule is CC(=O)CN.CCCC(N)CCC. The van der Waals surface area contributed by atoms with Crippen molar-refractivity contribution >= 4 is 5.78 Å². The molecule has 0 fully saturated rings. The lowest BCUT2D eigenvalue weighted by molar-refractivity contribution is -0.115. The Morgan fingerprint density at radius 3 is 1.69 bits per heavy atom. The van der Waals surface area contributed by atoms with Crippen LogP contribution in [0.3, 0.4) is 0 Å². The molecule has 0 saturated heterocycles. The Morgan fingerprint density at radius 1 is 1.23 bits per heavy atom. The third-order valence-electron chi connectivity index (χ3n) is 1.61. The summed E-state index contributed by atoms with van der Waals surface area (Å²) in [4.78, 5) is 9.69. The van der Waals surface area contributed by atoms with Gasteiger partial charge >= 0.3 is 0 Å². The third kappa shape index (κ3) is 18.5. The van der Waals surface area contributed by atoms with Gasteiger partial charge in [0.25, 0.3) is 0 Å². The zero-order valence-corrected chi connectivity index (χ0v) is 9.18. The molecule has 0 amide bonds. The minimum absolute atomic E-state index is 0.0324. The van der Waals surface area contributed by atoms with Gasteiger partial charge in [0.1, 0.15) is 5.78 Å². The Morgan fingerprint density at radius 2 is 1.54 bits per heavy atom. The lowest BCUT2D eigenvalue weighted by Gasteiger charge is -2.05. The van der Waals surface area contributed by atoms with Crippen LogP contribution >= 0.6 is 0 Å². The summed E-state index contributed by atoms with van der Waals surface area (Å²) in [5.74, 6) is 0.0324. The van der Waals surface area contributed by atoms with Crippen LogP contribution in [0, 0.1) is 0 Å². The first-order valence-corrected chi connectivity index (χ1v) is 5.03. The van der Waals surface area contributed by atoms with Gasteiger partial charge in [0.05, 0.1) is 6.54 Å². The van der Waals surface area contributed by atoms with Gasteiger partial charge in [-0.05, 0) is 19.8 Å². The van der Waals surface area contributed by atoms with Gasteiger partial charge in [0, 0.05) is 6.04 Å². The lowest BCUT2D eigenvalue weighted by Crippen LogP contribution is -2.18. The molecule has 80 valence electrons. The predicted octanol–water partition coefficient (Wildman–Crippen LogP) is 1.45. The van der Waals surface area contributed by atoms with Crippen LogP contribution in [0.2, 0.25) is 0 Å². The molecule has 0 unspecified atom stereocenters. The van der Waals surface area contributed by atoms with Crippen molar-refractivity contribution in [1.29, 1.82) is 0 Å². The zero-order chi connectivity index (χ0) is 10.7. The van der Waals surface area contributed by atoms with Crippen LogP contribution in [-0.4, -0.2) is 18.4 Å². The van der Waals surface area contributed by atoms with E-state index in [9.17, 15) is 4.79 Å². The van der Waals surface area contributed by atoms with Gasteiger partial charge in [0.15, 0.2) is 0 Å². The van der Waals surface area contributed by atoms with E-state index in [-0.39, 0.29) is 12.3 Å². The van der Waals surface area contributed by atoms with E-state index in [1.54, 1.807) is 0 Å². The maximum atomic E-state index is 9.69.